The predicted molar refractivity (Wildman–Crippen MR) is 113 cm³/mol. The van der Waals surface area contributed by atoms with E-state index in [1.54, 1.807) is 32.9 Å². The molecule has 2 aliphatic heterocycles. The Morgan fingerprint density at radius 3 is 2.47 bits per heavy atom. The highest BCUT2D eigenvalue weighted by molar-refractivity contribution is 6.25. The molecular formula is C23H28N2O7. The van der Waals surface area contributed by atoms with Crippen molar-refractivity contribution in [2.24, 2.45) is 0 Å². The molecular weight excluding hydrogens is 416 g/mol. The van der Waals surface area contributed by atoms with Crippen LogP contribution < -0.4 is 4.74 Å². The molecule has 0 aromatic heterocycles. The summed E-state index contributed by atoms with van der Waals surface area (Å²) >= 11 is 0. The van der Waals surface area contributed by atoms with Crippen LogP contribution in [0.1, 0.15) is 80.5 Å². The summed E-state index contributed by atoms with van der Waals surface area (Å²) in [4.78, 5) is 65.3. The van der Waals surface area contributed by atoms with E-state index in [0.717, 1.165) is 24.2 Å². The van der Waals surface area contributed by atoms with E-state index in [4.69, 9.17) is 9.47 Å². The summed E-state index contributed by atoms with van der Waals surface area (Å²) in [6, 6.07) is 3.44. The van der Waals surface area contributed by atoms with E-state index in [9.17, 15) is 24.0 Å². The van der Waals surface area contributed by atoms with Gasteiger partial charge in [0.1, 0.15) is 17.4 Å². The number of benzene rings is 1. The zero-order valence-electron chi connectivity index (χ0n) is 18.8. The van der Waals surface area contributed by atoms with Crippen molar-refractivity contribution in [1.82, 2.24) is 9.80 Å². The Bertz CT molecular complexity index is 964. The normalized spacial score (nSPS) is 18.8. The van der Waals surface area contributed by atoms with Crippen molar-refractivity contribution in [2.45, 2.75) is 71.4 Å². The lowest BCUT2D eigenvalue weighted by molar-refractivity contribution is -0.149. The number of hydrogen-bond donors (Lipinski definition) is 0. The largest absolute Gasteiger partial charge is 0.493 e. The van der Waals surface area contributed by atoms with E-state index in [1.165, 1.54) is 6.07 Å². The van der Waals surface area contributed by atoms with Gasteiger partial charge in [-0.25, -0.2) is 4.79 Å². The quantitative estimate of drug-likeness (QED) is 0.489. The van der Waals surface area contributed by atoms with Crippen LogP contribution in [0, 0.1) is 0 Å². The van der Waals surface area contributed by atoms with E-state index in [1.807, 2.05) is 0 Å². The molecule has 0 spiro atoms. The van der Waals surface area contributed by atoms with Crippen molar-refractivity contribution < 1.29 is 33.4 Å². The Morgan fingerprint density at radius 2 is 1.81 bits per heavy atom. The lowest BCUT2D eigenvalue weighted by Gasteiger charge is -2.34. The molecule has 32 heavy (non-hydrogen) atoms. The predicted octanol–water partition coefficient (Wildman–Crippen LogP) is 3.30. The molecule has 2 heterocycles. The minimum Gasteiger partial charge on any atom is -0.493 e. The lowest BCUT2D eigenvalue weighted by atomic mass is 10.0. The van der Waals surface area contributed by atoms with E-state index in [-0.39, 0.29) is 29.7 Å². The van der Waals surface area contributed by atoms with Crippen LogP contribution in [0.15, 0.2) is 18.2 Å². The number of imide groups is 4. The zero-order chi connectivity index (χ0) is 23.6. The summed E-state index contributed by atoms with van der Waals surface area (Å²) in [5, 5.41) is 0. The number of piperidine rings is 1. The maximum atomic E-state index is 13.2. The van der Waals surface area contributed by atoms with Gasteiger partial charge in [0.15, 0.2) is 0 Å². The number of ether oxygens (including phenoxy) is 2. The second-order valence-electron chi connectivity index (χ2n) is 8.82. The Hall–Kier alpha value is -3.23. The number of fused-ring (bicyclic) bond motifs is 1. The molecule has 0 saturated carbocycles. The van der Waals surface area contributed by atoms with Crippen LogP contribution in [0.3, 0.4) is 0 Å². The number of carbonyl (C=O) groups is 5. The van der Waals surface area contributed by atoms with Crippen molar-refractivity contribution in [3.05, 3.63) is 29.3 Å². The summed E-state index contributed by atoms with van der Waals surface area (Å²) < 4.78 is 10.9. The molecule has 0 aliphatic carbocycles. The summed E-state index contributed by atoms with van der Waals surface area (Å²) in [7, 11) is 0. The van der Waals surface area contributed by atoms with E-state index in [2.05, 4.69) is 6.92 Å². The van der Waals surface area contributed by atoms with E-state index in [0.29, 0.717) is 11.5 Å². The fourth-order valence-electron chi connectivity index (χ4n) is 3.72. The molecule has 0 bridgehead atoms. The summed E-state index contributed by atoms with van der Waals surface area (Å²) in [5.41, 5.74) is -0.691. The molecule has 0 N–H and O–H groups in total. The molecule has 172 valence electrons. The SMILES string of the molecule is CCCCCOc1cccc2c1C(=O)N(C1CCC(=O)N(C(=O)OC(C)(C)C)C1=O)C2=O. The van der Waals surface area contributed by atoms with Gasteiger partial charge >= 0.3 is 6.09 Å². The molecule has 1 saturated heterocycles. The molecule has 5 amide bonds. The van der Waals surface area contributed by atoms with Crippen LogP contribution >= 0.6 is 0 Å². The Kier molecular flexibility index (Phi) is 6.66. The maximum Gasteiger partial charge on any atom is 0.424 e. The first kappa shape index (κ1) is 23.4. The summed E-state index contributed by atoms with van der Waals surface area (Å²) in [5.74, 6) is -2.72. The fraction of sp³-hybridized carbons (Fsp3) is 0.522. The van der Waals surface area contributed by atoms with Crippen molar-refractivity contribution in [3.63, 3.8) is 0 Å². The standard InChI is InChI=1S/C23H28N2O7/c1-5-6-7-13-31-16-10-8-9-14-18(16)21(29)24(19(14)27)15-11-12-17(26)25(20(15)28)22(30)32-23(2,3)4/h8-10,15H,5-7,11-13H2,1-4H3. The van der Waals surface area contributed by atoms with Crippen LogP contribution in [0.5, 0.6) is 5.75 Å². The molecule has 1 atom stereocenters. The third kappa shape index (κ3) is 4.51. The maximum absolute atomic E-state index is 13.2. The van der Waals surface area contributed by atoms with Gasteiger partial charge in [-0.05, 0) is 45.7 Å². The molecule has 1 fully saturated rings. The number of unbranched alkanes of at least 4 members (excludes halogenated alkanes) is 2. The molecule has 9 nitrogen and oxygen atoms in total. The first-order valence-electron chi connectivity index (χ1n) is 10.8. The average Bonchev–Trinajstić information content (AvgIpc) is 2.95. The van der Waals surface area contributed by atoms with Gasteiger partial charge in [0.05, 0.1) is 17.7 Å². The average molecular weight is 444 g/mol. The van der Waals surface area contributed by atoms with Gasteiger partial charge in [-0.1, -0.05) is 25.8 Å². The Labute approximate surface area is 186 Å². The smallest absolute Gasteiger partial charge is 0.424 e. The topological polar surface area (TPSA) is 110 Å². The number of likely N-dealkylation sites (tertiary alicyclic amines) is 1. The van der Waals surface area contributed by atoms with Crippen molar-refractivity contribution in [1.29, 1.82) is 0 Å². The number of amides is 5. The third-order valence-electron chi connectivity index (χ3n) is 5.19. The van der Waals surface area contributed by atoms with Crippen molar-refractivity contribution in [2.75, 3.05) is 6.61 Å². The molecule has 2 aliphatic rings. The van der Waals surface area contributed by atoms with Gasteiger partial charge < -0.3 is 9.47 Å². The molecule has 0 radical (unpaired) electrons. The Morgan fingerprint density at radius 1 is 1.09 bits per heavy atom. The van der Waals surface area contributed by atoms with E-state index < -0.39 is 41.4 Å². The highest BCUT2D eigenvalue weighted by atomic mass is 16.6. The Balaban J connectivity index is 1.85. The van der Waals surface area contributed by atoms with Gasteiger partial charge in [-0.15, -0.1) is 0 Å². The lowest BCUT2D eigenvalue weighted by Crippen LogP contribution is -2.58. The highest BCUT2D eigenvalue weighted by Gasteiger charge is 2.50. The molecule has 3 rings (SSSR count). The van der Waals surface area contributed by atoms with Gasteiger partial charge in [0.2, 0.25) is 5.91 Å². The third-order valence-corrected chi connectivity index (χ3v) is 5.19. The summed E-state index contributed by atoms with van der Waals surface area (Å²) in [6.07, 6.45) is 1.43. The molecule has 1 unspecified atom stereocenters. The van der Waals surface area contributed by atoms with Crippen LogP contribution in [0.25, 0.3) is 0 Å². The monoisotopic (exact) mass is 444 g/mol. The summed E-state index contributed by atoms with van der Waals surface area (Å²) in [6.45, 7) is 7.27. The van der Waals surface area contributed by atoms with E-state index >= 15 is 0 Å². The first-order valence-corrected chi connectivity index (χ1v) is 10.8. The van der Waals surface area contributed by atoms with Crippen LogP contribution in [0.4, 0.5) is 4.79 Å². The van der Waals surface area contributed by atoms with Crippen molar-refractivity contribution in [3.8, 4) is 5.75 Å². The van der Waals surface area contributed by atoms with Crippen LogP contribution in [-0.2, 0) is 14.3 Å². The van der Waals surface area contributed by atoms with Crippen molar-refractivity contribution >= 4 is 29.7 Å². The second-order valence-corrected chi connectivity index (χ2v) is 8.82. The highest BCUT2D eigenvalue weighted by Crippen LogP contribution is 2.34. The minimum absolute atomic E-state index is 0.0604. The van der Waals surface area contributed by atoms with Gasteiger partial charge in [0, 0.05) is 6.42 Å². The molecule has 1 aromatic rings. The number of nitrogens with zero attached hydrogens (tertiary/aromatic N) is 2. The number of rotatable bonds is 6. The minimum atomic E-state index is -1.28. The zero-order valence-corrected chi connectivity index (χ0v) is 18.8. The van der Waals surface area contributed by atoms with Gasteiger partial charge in [0.25, 0.3) is 17.7 Å². The molecule has 1 aromatic carbocycles. The second kappa shape index (κ2) is 9.10. The first-order chi connectivity index (χ1) is 15.1. The fourth-order valence-corrected chi connectivity index (χ4v) is 3.72. The van der Waals surface area contributed by atoms with Gasteiger partial charge in [-0.3, -0.25) is 24.1 Å². The van der Waals surface area contributed by atoms with Gasteiger partial charge in [-0.2, -0.15) is 4.90 Å². The van der Waals surface area contributed by atoms with Crippen LogP contribution in [0.2, 0.25) is 0 Å². The number of carbonyl (C=O) groups excluding carboxylic acids is 5. The molecule has 9 heteroatoms. The number of hydrogen-bond acceptors (Lipinski definition) is 7. The van der Waals surface area contributed by atoms with Crippen LogP contribution in [-0.4, -0.2) is 57.8 Å².